The number of carbonyl (C=O) groups excluding carboxylic acids is 1. The Labute approximate surface area is 191 Å². The highest BCUT2D eigenvalue weighted by atomic mass is 19.1. The smallest absolute Gasteiger partial charge is 0.255 e. The van der Waals surface area contributed by atoms with E-state index in [0.29, 0.717) is 29.9 Å². The summed E-state index contributed by atoms with van der Waals surface area (Å²) in [5.41, 5.74) is 4.25. The van der Waals surface area contributed by atoms with Gasteiger partial charge in [0, 0.05) is 55.3 Å². The molecule has 0 unspecified atom stereocenters. The Morgan fingerprint density at radius 3 is 2.67 bits per heavy atom. The minimum Gasteiger partial charge on any atom is -0.338 e. The maximum absolute atomic E-state index is 14.2. The van der Waals surface area contributed by atoms with Gasteiger partial charge in [-0.1, -0.05) is 18.2 Å². The third-order valence-electron chi connectivity index (χ3n) is 6.06. The monoisotopic (exact) mass is 441 g/mol. The predicted molar refractivity (Wildman–Crippen MR) is 124 cm³/mol. The summed E-state index contributed by atoms with van der Waals surface area (Å²) >= 11 is 0. The average molecular weight is 442 g/mol. The van der Waals surface area contributed by atoms with E-state index in [0.717, 1.165) is 29.8 Å². The fourth-order valence-corrected chi connectivity index (χ4v) is 4.33. The van der Waals surface area contributed by atoms with E-state index in [9.17, 15) is 9.18 Å². The number of hydrogen-bond donors (Lipinski definition) is 0. The summed E-state index contributed by atoms with van der Waals surface area (Å²) in [6.07, 6.45) is 7.10. The summed E-state index contributed by atoms with van der Waals surface area (Å²) in [6.45, 7) is 1.28. The number of aromatic nitrogens is 4. The number of carbonyl (C=O) groups is 1. The van der Waals surface area contributed by atoms with Crippen molar-refractivity contribution in [2.45, 2.75) is 18.8 Å². The maximum atomic E-state index is 14.2. The van der Waals surface area contributed by atoms with Gasteiger partial charge in [0.15, 0.2) is 0 Å². The lowest BCUT2D eigenvalue weighted by molar-refractivity contribution is 0.0705. The van der Waals surface area contributed by atoms with Gasteiger partial charge in [0.05, 0.1) is 23.1 Å². The first-order valence-electron chi connectivity index (χ1n) is 11.0. The van der Waals surface area contributed by atoms with E-state index in [2.05, 4.69) is 10.1 Å². The zero-order valence-electron chi connectivity index (χ0n) is 18.4. The molecule has 0 N–H and O–H groups in total. The largest absolute Gasteiger partial charge is 0.338 e. The van der Waals surface area contributed by atoms with Gasteiger partial charge < -0.3 is 4.90 Å². The fourth-order valence-electron chi connectivity index (χ4n) is 4.33. The molecule has 6 nitrogen and oxygen atoms in total. The predicted octanol–water partition coefficient (Wildman–Crippen LogP) is 4.70. The van der Waals surface area contributed by atoms with Crippen LogP contribution in [0.5, 0.6) is 0 Å². The second kappa shape index (κ2) is 8.94. The molecule has 5 rings (SSSR count). The van der Waals surface area contributed by atoms with E-state index in [1.54, 1.807) is 35.3 Å². The van der Waals surface area contributed by atoms with Crippen LogP contribution >= 0.6 is 0 Å². The first-order chi connectivity index (χ1) is 16.1. The van der Waals surface area contributed by atoms with Crippen LogP contribution in [-0.2, 0) is 7.05 Å². The summed E-state index contributed by atoms with van der Waals surface area (Å²) in [4.78, 5) is 24.2. The van der Waals surface area contributed by atoms with Crippen molar-refractivity contribution in [3.05, 3.63) is 90.3 Å². The van der Waals surface area contributed by atoms with Crippen molar-refractivity contribution in [3.8, 4) is 22.5 Å². The number of piperidine rings is 1. The number of halogens is 1. The van der Waals surface area contributed by atoms with Gasteiger partial charge in [0.25, 0.3) is 5.91 Å². The van der Waals surface area contributed by atoms with Crippen LogP contribution in [-0.4, -0.2) is 43.6 Å². The van der Waals surface area contributed by atoms with Crippen LogP contribution in [0.2, 0.25) is 0 Å². The highest BCUT2D eigenvalue weighted by molar-refractivity contribution is 5.94. The van der Waals surface area contributed by atoms with E-state index < -0.39 is 0 Å². The molecule has 1 aliphatic rings. The van der Waals surface area contributed by atoms with Gasteiger partial charge in [-0.2, -0.15) is 5.10 Å². The van der Waals surface area contributed by atoms with Gasteiger partial charge in [-0.05, 0) is 49.2 Å². The maximum Gasteiger partial charge on any atom is 0.255 e. The van der Waals surface area contributed by atoms with Crippen molar-refractivity contribution < 1.29 is 9.18 Å². The molecule has 4 aromatic rings. The number of rotatable bonds is 4. The van der Waals surface area contributed by atoms with Crippen molar-refractivity contribution >= 4 is 5.91 Å². The minimum atomic E-state index is -0.287. The summed E-state index contributed by atoms with van der Waals surface area (Å²) < 4.78 is 16.0. The molecule has 0 spiro atoms. The van der Waals surface area contributed by atoms with Gasteiger partial charge in [-0.3, -0.25) is 19.4 Å². The second-order valence-corrected chi connectivity index (χ2v) is 8.35. The lowest BCUT2D eigenvalue weighted by Crippen LogP contribution is -2.39. The van der Waals surface area contributed by atoms with Crippen molar-refractivity contribution in [2.24, 2.45) is 7.05 Å². The number of nitrogens with zero attached hydrogens (tertiary/aromatic N) is 5. The molecular formula is C26H24FN5O. The van der Waals surface area contributed by atoms with Gasteiger partial charge in [0.2, 0.25) is 0 Å². The Morgan fingerprint density at radius 2 is 1.91 bits per heavy atom. The molecule has 0 saturated carbocycles. The topological polar surface area (TPSA) is 63.9 Å². The molecular weight excluding hydrogens is 417 g/mol. The van der Waals surface area contributed by atoms with Crippen molar-refractivity contribution in [3.63, 3.8) is 0 Å². The van der Waals surface area contributed by atoms with Gasteiger partial charge in [-0.25, -0.2) is 4.39 Å². The number of pyridine rings is 2. The molecule has 0 aliphatic carbocycles. The molecule has 3 aromatic heterocycles. The minimum absolute atomic E-state index is 0.0322. The molecule has 4 heterocycles. The Bertz CT molecular complexity index is 1280. The number of benzene rings is 1. The van der Waals surface area contributed by atoms with E-state index in [1.807, 2.05) is 48.5 Å². The zero-order chi connectivity index (χ0) is 22.8. The quantitative estimate of drug-likeness (QED) is 0.460. The third kappa shape index (κ3) is 4.39. The summed E-state index contributed by atoms with van der Waals surface area (Å²) in [7, 11) is 1.86. The standard InChI is InChI=1S/C26H24FN5O/c1-31-16-20(15-29-31)23-12-11-18(14-28-23)26(33)32-13-5-6-19(17-32)24-9-4-10-25(30-24)21-7-2-3-8-22(21)27/h2-4,7-12,14-16,19H,5-6,13,17H2,1H3/t19-/m0/s1. The Balaban J connectivity index is 1.32. The van der Waals surface area contributed by atoms with E-state index >= 15 is 0 Å². The molecule has 1 aromatic carbocycles. The fraction of sp³-hybridized carbons (Fsp3) is 0.231. The molecule has 0 bridgehead atoms. The average Bonchev–Trinajstić information content (AvgIpc) is 3.30. The molecule has 1 aliphatic heterocycles. The van der Waals surface area contributed by atoms with E-state index in [-0.39, 0.29) is 17.6 Å². The SMILES string of the molecule is Cn1cc(-c2ccc(C(=O)N3CCC[C@H](c4cccc(-c5ccccc5F)n4)C3)cn2)cn1. The van der Waals surface area contributed by atoms with Crippen LogP contribution in [0.3, 0.4) is 0 Å². The van der Waals surface area contributed by atoms with Gasteiger partial charge in [-0.15, -0.1) is 0 Å². The molecule has 0 radical (unpaired) electrons. The van der Waals surface area contributed by atoms with Crippen LogP contribution in [0.1, 0.15) is 34.8 Å². The molecule has 1 atom stereocenters. The van der Waals surface area contributed by atoms with Crippen molar-refractivity contribution in [1.29, 1.82) is 0 Å². The highest BCUT2D eigenvalue weighted by Crippen LogP contribution is 2.29. The lowest BCUT2D eigenvalue weighted by atomic mass is 9.93. The van der Waals surface area contributed by atoms with Crippen LogP contribution in [0.4, 0.5) is 4.39 Å². The van der Waals surface area contributed by atoms with E-state index in [4.69, 9.17) is 4.98 Å². The first kappa shape index (κ1) is 21.0. The second-order valence-electron chi connectivity index (χ2n) is 8.35. The summed E-state index contributed by atoms with van der Waals surface area (Å²) in [5.74, 6) is -0.211. The summed E-state index contributed by atoms with van der Waals surface area (Å²) in [6, 6.07) is 16.0. The third-order valence-corrected chi connectivity index (χ3v) is 6.06. The van der Waals surface area contributed by atoms with Crippen LogP contribution < -0.4 is 0 Å². The lowest BCUT2D eigenvalue weighted by Gasteiger charge is -2.32. The normalized spacial score (nSPS) is 16.1. The molecule has 33 heavy (non-hydrogen) atoms. The first-order valence-corrected chi connectivity index (χ1v) is 11.0. The molecule has 1 fully saturated rings. The Morgan fingerprint density at radius 1 is 1.03 bits per heavy atom. The van der Waals surface area contributed by atoms with Crippen LogP contribution in [0, 0.1) is 5.82 Å². The Kier molecular flexibility index (Phi) is 5.69. The van der Waals surface area contributed by atoms with Crippen LogP contribution in [0.25, 0.3) is 22.5 Å². The van der Waals surface area contributed by atoms with Crippen molar-refractivity contribution in [1.82, 2.24) is 24.6 Å². The summed E-state index contributed by atoms with van der Waals surface area (Å²) in [5, 5.41) is 4.17. The highest BCUT2D eigenvalue weighted by Gasteiger charge is 2.27. The molecule has 166 valence electrons. The Hall–Kier alpha value is -3.87. The molecule has 1 amide bonds. The number of amides is 1. The number of likely N-dealkylation sites (tertiary alicyclic amines) is 1. The van der Waals surface area contributed by atoms with Crippen LogP contribution in [0.15, 0.2) is 73.2 Å². The zero-order valence-corrected chi connectivity index (χ0v) is 18.4. The molecule has 1 saturated heterocycles. The van der Waals surface area contributed by atoms with Crippen molar-refractivity contribution in [2.75, 3.05) is 13.1 Å². The van der Waals surface area contributed by atoms with E-state index in [1.165, 1.54) is 6.07 Å². The van der Waals surface area contributed by atoms with Gasteiger partial charge in [0.1, 0.15) is 5.82 Å². The molecule has 7 heteroatoms. The van der Waals surface area contributed by atoms with Gasteiger partial charge >= 0.3 is 0 Å². The number of aryl methyl sites for hydroxylation is 1. The number of hydrogen-bond acceptors (Lipinski definition) is 4.